The average molecular weight is 285 g/mol. The van der Waals surface area contributed by atoms with Gasteiger partial charge in [-0.2, -0.15) is 0 Å². The Morgan fingerprint density at radius 2 is 1.55 bits per heavy atom. The highest BCUT2D eigenvalue weighted by molar-refractivity contribution is 5.43. The third-order valence-electron chi connectivity index (χ3n) is 3.20. The number of rotatable bonds is 2. The highest BCUT2D eigenvalue weighted by Gasteiger charge is 2.04. The fourth-order valence-corrected chi connectivity index (χ4v) is 2.07. The third-order valence-corrected chi connectivity index (χ3v) is 3.20. The highest BCUT2D eigenvalue weighted by atomic mass is 14.9. The maximum absolute atomic E-state index is 5.92. The lowest BCUT2D eigenvalue weighted by Crippen LogP contribution is -2.03. The van der Waals surface area contributed by atoms with Crippen molar-refractivity contribution in [3.63, 3.8) is 0 Å². The molecule has 0 saturated carbocycles. The lowest BCUT2D eigenvalue weighted by Gasteiger charge is -2.04. The standard InChI is InChI=1S/C19H15N3/c20-19-18(13-16-9-5-2-6-10-16)22-17(14-21-19)12-11-15-7-3-1-4-8-15/h1-10,14H,13H2,(H2,20,21). The highest BCUT2D eigenvalue weighted by Crippen LogP contribution is 2.12. The average Bonchev–Trinajstić information content (AvgIpc) is 2.57. The summed E-state index contributed by atoms with van der Waals surface area (Å²) in [5, 5.41) is 0. The molecule has 0 unspecified atom stereocenters. The van der Waals surface area contributed by atoms with E-state index < -0.39 is 0 Å². The number of nitrogen functional groups attached to an aromatic ring is 1. The van der Waals surface area contributed by atoms with Crippen LogP contribution in [-0.4, -0.2) is 9.97 Å². The summed E-state index contributed by atoms with van der Waals surface area (Å²) in [4.78, 5) is 8.72. The zero-order valence-electron chi connectivity index (χ0n) is 12.0. The molecule has 22 heavy (non-hydrogen) atoms. The lowest BCUT2D eigenvalue weighted by atomic mass is 10.1. The van der Waals surface area contributed by atoms with Gasteiger partial charge in [-0.1, -0.05) is 54.5 Å². The van der Waals surface area contributed by atoms with Gasteiger partial charge in [-0.05, 0) is 23.6 Å². The van der Waals surface area contributed by atoms with Gasteiger partial charge in [0.1, 0.15) is 11.5 Å². The Labute approximate surface area is 129 Å². The number of hydrogen-bond acceptors (Lipinski definition) is 3. The van der Waals surface area contributed by atoms with E-state index in [9.17, 15) is 0 Å². The van der Waals surface area contributed by atoms with Crippen LogP contribution in [0.2, 0.25) is 0 Å². The number of aromatic nitrogens is 2. The molecule has 1 aromatic heterocycles. The van der Waals surface area contributed by atoms with Gasteiger partial charge in [0.05, 0.1) is 11.9 Å². The molecule has 0 radical (unpaired) electrons. The van der Waals surface area contributed by atoms with Crippen LogP contribution in [0.25, 0.3) is 0 Å². The summed E-state index contributed by atoms with van der Waals surface area (Å²) in [5.74, 6) is 6.57. The van der Waals surface area contributed by atoms with E-state index in [0.717, 1.165) is 16.8 Å². The van der Waals surface area contributed by atoms with Crippen LogP contribution in [0.5, 0.6) is 0 Å². The third kappa shape index (κ3) is 3.50. The van der Waals surface area contributed by atoms with Crippen LogP contribution in [0, 0.1) is 11.8 Å². The predicted molar refractivity (Wildman–Crippen MR) is 88.1 cm³/mol. The molecule has 106 valence electrons. The van der Waals surface area contributed by atoms with Crippen molar-refractivity contribution in [2.45, 2.75) is 6.42 Å². The van der Waals surface area contributed by atoms with Crippen LogP contribution in [0.4, 0.5) is 5.82 Å². The fraction of sp³-hybridized carbons (Fsp3) is 0.0526. The van der Waals surface area contributed by atoms with Crippen LogP contribution < -0.4 is 5.73 Å². The minimum Gasteiger partial charge on any atom is -0.382 e. The van der Waals surface area contributed by atoms with Crippen molar-refractivity contribution in [3.8, 4) is 11.8 Å². The Hall–Kier alpha value is -3.12. The molecule has 0 amide bonds. The van der Waals surface area contributed by atoms with Crippen LogP contribution >= 0.6 is 0 Å². The largest absolute Gasteiger partial charge is 0.382 e. The van der Waals surface area contributed by atoms with Gasteiger partial charge in [0.2, 0.25) is 0 Å². The van der Waals surface area contributed by atoms with E-state index in [4.69, 9.17) is 5.73 Å². The van der Waals surface area contributed by atoms with Crippen molar-refractivity contribution in [1.29, 1.82) is 0 Å². The summed E-state index contributed by atoms with van der Waals surface area (Å²) in [6, 6.07) is 19.9. The zero-order valence-corrected chi connectivity index (χ0v) is 12.0. The maximum Gasteiger partial charge on any atom is 0.145 e. The lowest BCUT2D eigenvalue weighted by molar-refractivity contribution is 1.03. The van der Waals surface area contributed by atoms with Crippen molar-refractivity contribution < 1.29 is 0 Å². The first-order valence-electron chi connectivity index (χ1n) is 7.03. The summed E-state index contributed by atoms with van der Waals surface area (Å²) in [6.07, 6.45) is 2.26. The van der Waals surface area contributed by atoms with E-state index in [2.05, 4.69) is 21.8 Å². The molecule has 3 rings (SSSR count). The molecule has 1 heterocycles. The van der Waals surface area contributed by atoms with Gasteiger partial charge in [0.15, 0.2) is 0 Å². The molecule has 0 fully saturated rings. The molecule has 2 aromatic carbocycles. The second-order valence-corrected chi connectivity index (χ2v) is 4.87. The van der Waals surface area contributed by atoms with Crippen molar-refractivity contribution in [2.75, 3.05) is 5.73 Å². The first-order chi connectivity index (χ1) is 10.8. The fourth-order valence-electron chi connectivity index (χ4n) is 2.07. The molecule has 0 aliphatic carbocycles. The first kappa shape index (κ1) is 13.8. The normalized spacial score (nSPS) is 9.82. The smallest absolute Gasteiger partial charge is 0.145 e. The zero-order chi connectivity index (χ0) is 15.2. The summed E-state index contributed by atoms with van der Waals surface area (Å²) in [5.41, 5.74) is 9.41. The van der Waals surface area contributed by atoms with E-state index in [1.54, 1.807) is 6.20 Å². The topological polar surface area (TPSA) is 51.8 Å². The summed E-state index contributed by atoms with van der Waals surface area (Å²) in [6.45, 7) is 0. The molecule has 0 spiro atoms. The van der Waals surface area contributed by atoms with Crippen LogP contribution in [0.1, 0.15) is 22.5 Å². The molecule has 3 aromatic rings. The minimum atomic E-state index is 0.453. The Morgan fingerprint density at radius 3 is 2.27 bits per heavy atom. The maximum atomic E-state index is 5.92. The SMILES string of the molecule is Nc1ncc(C#Cc2ccccc2)nc1Cc1ccccc1. The predicted octanol–water partition coefficient (Wildman–Crippen LogP) is 3.05. The van der Waals surface area contributed by atoms with Crippen molar-refractivity contribution in [1.82, 2.24) is 9.97 Å². The number of benzene rings is 2. The molecule has 3 heteroatoms. The quantitative estimate of drug-likeness (QED) is 0.736. The molecule has 0 bridgehead atoms. The number of hydrogen-bond donors (Lipinski definition) is 1. The van der Waals surface area contributed by atoms with Gasteiger partial charge in [-0.3, -0.25) is 0 Å². The first-order valence-corrected chi connectivity index (χ1v) is 7.03. The van der Waals surface area contributed by atoms with Gasteiger partial charge >= 0.3 is 0 Å². The number of nitrogens with two attached hydrogens (primary N) is 1. The summed E-state index contributed by atoms with van der Waals surface area (Å²) >= 11 is 0. The monoisotopic (exact) mass is 285 g/mol. The van der Waals surface area contributed by atoms with E-state index in [-0.39, 0.29) is 0 Å². The molecular formula is C19H15N3. The van der Waals surface area contributed by atoms with Crippen LogP contribution in [0.15, 0.2) is 66.9 Å². The van der Waals surface area contributed by atoms with E-state index in [1.807, 2.05) is 60.7 Å². The Kier molecular flexibility index (Phi) is 4.12. The molecule has 0 saturated heterocycles. The minimum absolute atomic E-state index is 0.453. The Morgan fingerprint density at radius 1 is 0.864 bits per heavy atom. The van der Waals surface area contributed by atoms with Gasteiger partial charge < -0.3 is 5.73 Å². The van der Waals surface area contributed by atoms with E-state index in [0.29, 0.717) is 17.9 Å². The molecule has 0 aliphatic rings. The van der Waals surface area contributed by atoms with Gasteiger partial charge in [0, 0.05) is 12.0 Å². The second kappa shape index (κ2) is 6.55. The second-order valence-electron chi connectivity index (χ2n) is 4.87. The van der Waals surface area contributed by atoms with Gasteiger partial charge in [-0.15, -0.1) is 0 Å². The van der Waals surface area contributed by atoms with Crippen molar-refractivity contribution in [2.24, 2.45) is 0 Å². The van der Waals surface area contributed by atoms with E-state index >= 15 is 0 Å². The number of nitrogens with zero attached hydrogens (tertiary/aromatic N) is 2. The van der Waals surface area contributed by atoms with Crippen LogP contribution in [0.3, 0.4) is 0 Å². The molecule has 0 aliphatic heterocycles. The number of anilines is 1. The van der Waals surface area contributed by atoms with Gasteiger partial charge in [-0.25, -0.2) is 9.97 Å². The summed E-state index contributed by atoms with van der Waals surface area (Å²) < 4.78 is 0. The van der Waals surface area contributed by atoms with Crippen molar-refractivity contribution >= 4 is 5.82 Å². The Bertz CT molecular complexity index is 816. The van der Waals surface area contributed by atoms with E-state index in [1.165, 1.54) is 0 Å². The van der Waals surface area contributed by atoms with Crippen molar-refractivity contribution in [3.05, 3.63) is 89.4 Å². The summed E-state index contributed by atoms with van der Waals surface area (Å²) in [7, 11) is 0. The molecular weight excluding hydrogens is 270 g/mol. The van der Waals surface area contributed by atoms with Gasteiger partial charge in [0.25, 0.3) is 0 Å². The molecule has 0 atom stereocenters. The Balaban J connectivity index is 1.86. The van der Waals surface area contributed by atoms with Crippen LogP contribution in [-0.2, 0) is 6.42 Å². The molecule has 2 N–H and O–H groups in total. The molecule has 3 nitrogen and oxygen atoms in total.